The second-order valence-corrected chi connectivity index (χ2v) is 6.82. The molecule has 2 heterocycles. The molecule has 5 nitrogen and oxygen atoms in total. The van der Waals surface area contributed by atoms with E-state index in [1.165, 1.54) is 5.69 Å². The Morgan fingerprint density at radius 3 is 3.30 bits per heavy atom. The van der Waals surface area contributed by atoms with Gasteiger partial charge in [0.15, 0.2) is 0 Å². The number of ether oxygens (including phenoxy) is 1. The third-order valence-corrected chi connectivity index (χ3v) is 3.98. The number of aromatic amines is 1. The van der Waals surface area contributed by atoms with Crippen LogP contribution in [0.2, 0.25) is 0 Å². The summed E-state index contributed by atoms with van der Waals surface area (Å²) in [7, 11) is 0. The van der Waals surface area contributed by atoms with Crippen LogP contribution in [0.1, 0.15) is 6.92 Å². The summed E-state index contributed by atoms with van der Waals surface area (Å²) in [6.07, 6.45) is 1.87. The molecule has 2 aromatic rings. The van der Waals surface area contributed by atoms with Crippen LogP contribution >= 0.6 is 22.6 Å². The number of hydrogen-bond donors (Lipinski definition) is 2. The molecule has 1 aliphatic rings. The van der Waals surface area contributed by atoms with Crippen molar-refractivity contribution in [1.82, 2.24) is 15.5 Å². The molecule has 2 atom stereocenters. The van der Waals surface area contributed by atoms with E-state index in [1.807, 2.05) is 6.20 Å². The van der Waals surface area contributed by atoms with Crippen LogP contribution in [0.25, 0.3) is 10.9 Å². The Labute approximate surface area is 132 Å². The first kappa shape index (κ1) is 14.1. The maximum atomic E-state index is 5.79. The Hall–Kier alpha value is -0.860. The molecule has 1 aromatic carbocycles. The number of hydrogen-bond acceptors (Lipinski definition) is 4. The summed E-state index contributed by atoms with van der Waals surface area (Å²) >= 11 is 2.30. The second-order valence-electron chi connectivity index (χ2n) is 5.07. The van der Waals surface area contributed by atoms with Crippen LogP contribution in [0.15, 0.2) is 24.4 Å². The number of benzene rings is 1. The van der Waals surface area contributed by atoms with Crippen molar-refractivity contribution < 1.29 is 4.74 Å². The highest BCUT2D eigenvalue weighted by atomic mass is 127. The Balaban J connectivity index is 1.80. The van der Waals surface area contributed by atoms with Crippen LogP contribution < -0.4 is 10.2 Å². The van der Waals surface area contributed by atoms with Gasteiger partial charge in [-0.05, 0) is 25.1 Å². The minimum Gasteiger partial charge on any atom is -0.366 e. The van der Waals surface area contributed by atoms with Crippen molar-refractivity contribution in [3.05, 3.63) is 24.4 Å². The van der Waals surface area contributed by atoms with Gasteiger partial charge in [0.05, 0.1) is 24.4 Å². The van der Waals surface area contributed by atoms with Crippen molar-refractivity contribution in [1.29, 1.82) is 0 Å². The molecule has 0 aliphatic carbocycles. The lowest BCUT2D eigenvalue weighted by atomic mass is 10.1. The van der Waals surface area contributed by atoms with Crippen molar-refractivity contribution in [2.24, 2.45) is 0 Å². The van der Waals surface area contributed by atoms with Crippen molar-refractivity contribution in [2.45, 2.75) is 17.1 Å². The van der Waals surface area contributed by atoms with Crippen molar-refractivity contribution in [3.8, 4) is 0 Å². The van der Waals surface area contributed by atoms with Gasteiger partial charge in [-0.3, -0.25) is 5.10 Å². The summed E-state index contributed by atoms with van der Waals surface area (Å²) in [5.41, 5.74) is 2.33. The summed E-state index contributed by atoms with van der Waals surface area (Å²) in [5, 5.41) is 11.7. The van der Waals surface area contributed by atoms with Gasteiger partial charge in [-0.25, -0.2) is 0 Å². The standard InChI is InChI=1S/C14H19IN4O/c1-10(15)20-9-13-8-16-4-5-19(13)12-2-3-14-11(6-12)7-17-18-14/h2-3,6-7,10,13,16H,4-5,8-9H2,1H3,(H,17,18). The number of nitrogens with zero attached hydrogens (tertiary/aromatic N) is 2. The molecule has 0 amide bonds. The fourth-order valence-corrected chi connectivity index (χ4v) is 2.81. The molecule has 0 saturated carbocycles. The van der Waals surface area contributed by atoms with E-state index < -0.39 is 0 Å². The number of fused-ring (bicyclic) bond motifs is 1. The first-order valence-corrected chi connectivity index (χ1v) is 8.15. The lowest BCUT2D eigenvalue weighted by Crippen LogP contribution is -2.53. The molecule has 108 valence electrons. The maximum Gasteiger partial charge on any atom is 0.106 e. The van der Waals surface area contributed by atoms with E-state index in [4.69, 9.17) is 4.74 Å². The van der Waals surface area contributed by atoms with Crippen LogP contribution in [0, 0.1) is 0 Å². The highest BCUT2D eigenvalue weighted by Crippen LogP contribution is 2.23. The number of aromatic nitrogens is 2. The van der Waals surface area contributed by atoms with Crippen LogP contribution in [0.5, 0.6) is 0 Å². The maximum absolute atomic E-state index is 5.79. The predicted octanol–water partition coefficient (Wildman–Crippen LogP) is 2.14. The van der Waals surface area contributed by atoms with E-state index in [2.05, 4.69) is 68.1 Å². The molecule has 0 bridgehead atoms. The molecular weight excluding hydrogens is 367 g/mol. The zero-order valence-corrected chi connectivity index (χ0v) is 13.6. The van der Waals surface area contributed by atoms with Crippen molar-refractivity contribution in [3.63, 3.8) is 0 Å². The summed E-state index contributed by atoms with van der Waals surface area (Å²) in [6.45, 7) is 5.80. The fraction of sp³-hybridized carbons (Fsp3) is 0.500. The second kappa shape index (κ2) is 6.28. The third kappa shape index (κ3) is 3.07. The van der Waals surface area contributed by atoms with Gasteiger partial charge in [0.2, 0.25) is 0 Å². The number of alkyl halides is 1. The lowest BCUT2D eigenvalue weighted by Gasteiger charge is -2.38. The van der Waals surface area contributed by atoms with Gasteiger partial charge in [0, 0.05) is 30.7 Å². The van der Waals surface area contributed by atoms with Gasteiger partial charge in [0.1, 0.15) is 4.11 Å². The van der Waals surface area contributed by atoms with Gasteiger partial charge in [-0.15, -0.1) is 0 Å². The monoisotopic (exact) mass is 386 g/mol. The minimum atomic E-state index is 0.243. The number of anilines is 1. The molecule has 3 rings (SSSR count). The van der Waals surface area contributed by atoms with Gasteiger partial charge < -0.3 is 15.0 Å². The minimum absolute atomic E-state index is 0.243. The van der Waals surface area contributed by atoms with Gasteiger partial charge in [-0.1, -0.05) is 22.6 Å². The molecular formula is C14H19IN4O. The number of nitrogens with one attached hydrogen (secondary N) is 2. The molecule has 2 N–H and O–H groups in total. The predicted molar refractivity (Wildman–Crippen MR) is 89.5 cm³/mol. The molecule has 1 aliphatic heterocycles. The number of H-pyrrole nitrogens is 1. The largest absolute Gasteiger partial charge is 0.366 e. The fourth-order valence-electron chi connectivity index (χ4n) is 2.60. The number of rotatable bonds is 4. The topological polar surface area (TPSA) is 53.2 Å². The molecule has 2 unspecified atom stereocenters. The first-order valence-electron chi connectivity index (χ1n) is 6.90. The van der Waals surface area contributed by atoms with E-state index in [0.717, 1.165) is 37.1 Å². The zero-order valence-electron chi connectivity index (χ0n) is 11.5. The summed E-state index contributed by atoms with van der Waals surface area (Å²) in [4.78, 5) is 2.43. The normalized spacial score (nSPS) is 21.3. The zero-order chi connectivity index (χ0) is 13.9. The molecule has 20 heavy (non-hydrogen) atoms. The molecule has 0 spiro atoms. The van der Waals surface area contributed by atoms with E-state index in [9.17, 15) is 0 Å². The van der Waals surface area contributed by atoms with E-state index in [1.54, 1.807) is 0 Å². The Bertz CT molecular complexity index is 571. The van der Waals surface area contributed by atoms with Crippen LogP contribution in [-0.4, -0.2) is 46.6 Å². The van der Waals surface area contributed by atoms with Crippen LogP contribution in [0.3, 0.4) is 0 Å². The summed E-state index contributed by atoms with van der Waals surface area (Å²) in [5.74, 6) is 0. The van der Waals surface area contributed by atoms with Crippen LogP contribution in [-0.2, 0) is 4.74 Å². The summed E-state index contributed by atoms with van der Waals surface area (Å²) in [6, 6.07) is 6.83. The van der Waals surface area contributed by atoms with E-state index in [-0.39, 0.29) is 4.11 Å². The highest BCUT2D eigenvalue weighted by Gasteiger charge is 2.23. The SMILES string of the molecule is CC(I)OCC1CNCCN1c1ccc2[nH]ncc2c1. The third-order valence-electron chi connectivity index (χ3n) is 3.62. The summed E-state index contributed by atoms with van der Waals surface area (Å²) < 4.78 is 6.04. The van der Waals surface area contributed by atoms with Crippen molar-refractivity contribution >= 4 is 39.2 Å². The van der Waals surface area contributed by atoms with Crippen LogP contribution in [0.4, 0.5) is 5.69 Å². The molecule has 0 radical (unpaired) electrons. The van der Waals surface area contributed by atoms with Gasteiger partial charge >= 0.3 is 0 Å². The Kier molecular flexibility index (Phi) is 4.42. The Morgan fingerprint density at radius 2 is 2.45 bits per heavy atom. The van der Waals surface area contributed by atoms with E-state index >= 15 is 0 Å². The number of piperazine rings is 1. The Morgan fingerprint density at radius 1 is 1.55 bits per heavy atom. The molecule has 6 heteroatoms. The number of halogens is 1. The average molecular weight is 386 g/mol. The van der Waals surface area contributed by atoms with Gasteiger partial charge in [0.25, 0.3) is 0 Å². The first-order chi connectivity index (χ1) is 9.74. The smallest absolute Gasteiger partial charge is 0.106 e. The molecule has 1 fully saturated rings. The van der Waals surface area contributed by atoms with Crippen molar-refractivity contribution in [2.75, 3.05) is 31.1 Å². The van der Waals surface area contributed by atoms with E-state index in [0.29, 0.717) is 6.04 Å². The molecule has 1 saturated heterocycles. The average Bonchev–Trinajstić information content (AvgIpc) is 2.92. The van der Waals surface area contributed by atoms with Gasteiger partial charge in [-0.2, -0.15) is 5.10 Å². The lowest BCUT2D eigenvalue weighted by molar-refractivity contribution is 0.115. The quantitative estimate of drug-likeness (QED) is 0.625. The molecule has 1 aromatic heterocycles. The highest BCUT2D eigenvalue weighted by molar-refractivity contribution is 14.1.